The zero-order valence-corrected chi connectivity index (χ0v) is 23.4. The van der Waals surface area contributed by atoms with Crippen molar-refractivity contribution in [3.63, 3.8) is 0 Å². The molecule has 2 rings (SSSR count). The molecular formula is C27H39N3O5S2. The summed E-state index contributed by atoms with van der Waals surface area (Å²) in [5.41, 5.74) is 8.27. The van der Waals surface area contributed by atoms with Crippen molar-refractivity contribution in [3.05, 3.63) is 53.6 Å². The van der Waals surface area contributed by atoms with Gasteiger partial charge in [-0.15, -0.1) is 0 Å². The molecule has 0 saturated carbocycles. The van der Waals surface area contributed by atoms with Gasteiger partial charge in [0.15, 0.2) is 5.62 Å². The summed E-state index contributed by atoms with van der Waals surface area (Å²) in [6.45, 7) is 8.04. The van der Waals surface area contributed by atoms with Gasteiger partial charge in [-0.25, -0.2) is 4.79 Å². The Kier molecular flexibility index (Phi) is 13.7. The number of thioether (sulfide) groups is 2. The molecule has 10 heteroatoms. The number of phenols is 1. The van der Waals surface area contributed by atoms with Gasteiger partial charge in [0.05, 0.1) is 17.9 Å². The molecule has 0 fully saturated rings. The predicted octanol–water partition coefficient (Wildman–Crippen LogP) is 4.65. The third-order valence-corrected chi connectivity index (χ3v) is 7.52. The average molecular weight is 550 g/mol. The predicted molar refractivity (Wildman–Crippen MR) is 153 cm³/mol. The summed E-state index contributed by atoms with van der Waals surface area (Å²) >= 11 is 2.61. The van der Waals surface area contributed by atoms with E-state index in [1.54, 1.807) is 22.7 Å². The zero-order chi connectivity index (χ0) is 27.2. The Morgan fingerprint density at radius 2 is 1.89 bits per heavy atom. The highest BCUT2D eigenvalue weighted by atomic mass is 32.2. The molecule has 37 heavy (non-hydrogen) atoms. The maximum atomic E-state index is 12.6. The van der Waals surface area contributed by atoms with Crippen molar-refractivity contribution in [2.75, 3.05) is 43.4 Å². The first kappa shape index (κ1) is 30.8. The second-order valence-electron chi connectivity index (χ2n) is 9.01. The minimum atomic E-state index is -0.859. The number of nitrogens with two attached hydrogens (primary N) is 1. The van der Waals surface area contributed by atoms with Crippen LogP contribution in [0.15, 0.2) is 47.4 Å². The van der Waals surface area contributed by atoms with Gasteiger partial charge >= 0.3 is 6.09 Å². The minimum absolute atomic E-state index is 0.0914. The number of hydrogen-bond acceptors (Lipinski definition) is 9. The number of nitrogens with one attached hydrogen (secondary N) is 1. The van der Waals surface area contributed by atoms with Crippen LogP contribution in [0.25, 0.3) is 0 Å². The number of aliphatic hydroxyl groups is 1. The Morgan fingerprint density at radius 3 is 2.57 bits per heavy atom. The Balaban J connectivity index is 1.73. The van der Waals surface area contributed by atoms with Gasteiger partial charge in [0.25, 0.3) is 0 Å². The van der Waals surface area contributed by atoms with E-state index in [2.05, 4.69) is 24.4 Å². The largest absolute Gasteiger partial charge is 0.506 e. The number of benzene rings is 2. The van der Waals surface area contributed by atoms with E-state index in [1.807, 2.05) is 32.0 Å². The van der Waals surface area contributed by atoms with Crippen LogP contribution in [0.5, 0.6) is 5.75 Å². The maximum Gasteiger partial charge on any atom is 0.410 e. The van der Waals surface area contributed by atoms with E-state index in [1.165, 1.54) is 11.6 Å². The summed E-state index contributed by atoms with van der Waals surface area (Å²) in [5.74, 6) is 1.83. The number of nitrogen functional groups attached to an aromatic ring is 1. The fourth-order valence-corrected chi connectivity index (χ4v) is 5.25. The minimum Gasteiger partial charge on any atom is -0.506 e. The van der Waals surface area contributed by atoms with Crippen molar-refractivity contribution in [1.82, 2.24) is 10.2 Å². The van der Waals surface area contributed by atoms with Crippen LogP contribution in [0.3, 0.4) is 0 Å². The molecule has 2 atom stereocenters. The van der Waals surface area contributed by atoms with Crippen LogP contribution < -0.4 is 11.1 Å². The van der Waals surface area contributed by atoms with Gasteiger partial charge in [-0.05, 0) is 49.1 Å². The van der Waals surface area contributed by atoms with Crippen LogP contribution in [-0.4, -0.2) is 70.6 Å². The molecule has 2 aromatic carbocycles. The molecule has 1 amide bonds. The SMILES string of the molecule is CC(C)OC(=O)N(CCCSCCNCC(O)c1ccc(O)c(N)c1SC=O)C[C@H](C)c1ccccc1. The van der Waals surface area contributed by atoms with Gasteiger partial charge in [0.1, 0.15) is 5.75 Å². The number of carbonyl (C=O) groups excluding carboxylic acids is 2. The lowest BCUT2D eigenvalue weighted by molar-refractivity contribution is 0.0753. The van der Waals surface area contributed by atoms with Crippen LogP contribution >= 0.6 is 23.5 Å². The highest BCUT2D eigenvalue weighted by Crippen LogP contribution is 2.37. The molecule has 0 heterocycles. The van der Waals surface area contributed by atoms with E-state index in [-0.39, 0.29) is 29.6 Å². The Bertz CT molecular complexity index is 978. The number of anilines is 1. The van der Waals surface area contributed by atoms with Crippen LogP contribution in [0.1, 0.15) is 50.3 Å². The van der Waals surface area contributed by atoms with Crippen LogP contribution in [0.2, 0.25) is 0 Å². The Morgan fingerprint density at radius 1 is 1.16 bits per heavy atom. The average Bonchev–Trinajstić information content (AvgIpc) is 2.87. The van der Waals surface area contributed by atoms with E-state index in [0.29, 0.717) is 42.3 Å². The first-order valence-corrected chi connectivity index (χ1v) is 14.5. The first-order chi connectivity index (χ1) is 17.7. The van der Waals surface area contributed by atoms with Gasteiger partial charge in [-0.3, -0.25) is 4.79 Å². The number of aromatic hydroxyl groups is 1. The highest BCUT2D eigenvalue weighted by Gasteiger charge is 2.20. The summed E-state index contributed by atoms with van der Waals surface area (Å²) in [7, 11) is 0. The van der Waals surface area contributed by atoms with Crippen molar-refractivity contribution >= 4 is 40.9 Å². The molecule has 8 nitrogen and oxygen atoms in total. The smallest absolute Gasteiger partial charge is 0.410 e. The third kappa shape index (κ3) is 10.5. The van der Waals surface area contributed by atoms with Crippen LogP contribution in [0.4, 0.5) is 10.5 Å². The lowest BCUT2D eigenvalue weighted by Gasteiger charge is -2.26. The molecular weight excluding hydrogens is 510 g/mol. The van der Waals surface area contributed by atoms with E-state index in [4.69, 9.17) is 10.5 Å². The molecule has 0 aliphatic rings. The van der Waals surface area contributed by atoms with E-state index < -0.39 is 6.10 Å². The number of nitrogens with zero attached hydrogens (tertiary/aromatic N) is 1. The standard InChI is InChI=1S/C27H39N3O5S2/c1-19(2)35-27(34)30(17-20(3)21-8-5-4-6-9-21)13-7-14-36-15-12-29-16-24(33)22-10-11-23(32)25(28)26(22)37-18-31/h4-6,8-11,18-20,24,29,32-33H,7,12-17,28H2,1-3H3/t20-,24?/m0/s1. The molecule has 0 aliphatic carbocycles. The number of amides is 1. The van der Waals surface area contributed by atoms with Gasteiger partial charge < -0.3 is 30.9 Å². The van der Waals surface area contributed by atoms with E-state index >= 15 is 0 Å². The third-order valence-electron chi connectivity index (χ3n) is 5.66. The molecule has 204 valence electrons. The van der Waals surface area contributed by atoms with Gasteiger partial charge in [0.2, 0.25) is 0 Å². The second-order valence-corrected chi connectivity index (χ2v) is 11.1. The van der Waals surface area contributed by atoms with Crippen molar-refractivity contribution in [3.8, 4) is 5.75 Å². The summed E-state index contributed by atoms with van der Waals surface area (Å²) < 4.78 is 5.46. The molecule has 0 spiro atoms. The summed E-state index contributed by atoms with van der Waals surface area (Å²) in [6, 6.07) is 13.2. The fraction of sp³-hybridized carbons (Fsp3) is 0.481. The van der Waals surface area contributed by atoms with Crippen molar-refractivity contribution in [2.45, 2.75) is 50.2 Å². The summed E-state index contributed by atoms with van der Waals surface area (Å²) in [6.07, 6.45) is -0.451. The second kappa shape index (κ2) is 16.4. The lowest BCUT2D eigenvalue weighted by atomic mass is 10.0. The van der Waals surface area contributed by atoms with Crippen LogP contribution in [-0.2, 0) is 9.53 Å². The highest BCUT2D eigenvalue weighted by molar-refractivity contribution is 8.12. The van der Waals surface area contributed by atoms with Gasteiger partial charge in [-0.1, -0.05) is 55.1 Å². The molecule has 2 aromatic rings. The lowest BCUT2D eigenvalue weighted by Crippen LogP contribution is -2.37. The van der Waals surface area contributed by atoms with Crippen molar-refractivity contribution in [1.29, 1.82) is 0 Å². The van der Waals surface area contributed by atoms with Gasteiger partial charge in [-0.2, -0.15) is 11.8 Å². The number of hydrogen-bond donors (Lipinski definition) is 4. The van der Waals surface area contributed by atoms with Crippen LogP contribution in [0, 0.1) is 0 Å². The number of rotatable bonds is 16. The van der Waals surface area contributed by atoms with Crippen molar-refractivity contribution in [2.24, 2.45) is 0 Å². The van der Waals surface area contributed by atoms with E-state index in [0.717, 1.165) is 29.7 Å². The fourth-order valence-electron chi connectivity index (χ4n) is 3.75. The quantitative estimate of drug-likeness (QED) is 0.0778. The number of aliphatic hydroxyl groups excluding tert-OH is 1. The zero-order valence-electron chi connectivity index (χ0n) is 21.8. The number of ether oxygens (including phenoxy) is 1. The van der Waals surface area contributed by atoms with Gasteiger partial charge in [0, 0.05) is 36.8 Å². The Hall–Kier alpha value is -2.40. The maximum absolute atomic E-state index is 12.6. The number of carbonyl (C=O) groups is 2. The molecule has 0 saturated heterocycles. The first-order valence-electron chi connectivity index (χ1n) is 12.4. The molecule has 0 aliphatic heterocycles. The number of phenolic OH excluding ortho intramolecular Hbond substituents is 1. The Labute approximate surface area is 228 Å². The molecule has 0 aromatic heterocycles. The molecule has 5 N–H and O–H groups in total. The summed E-state index contributed by atoms with van der Waals surface area (Å²) in [4.78, 5) is 25.7. The normalized spacial score (nSPS) is 12.8. The monoisotopic (exact) mass is 549 g/mol. The summed E-state index contributed by atoms with van der Waals surface area (Å²) in [5, 5.41) is 23.5. The molecule has 0 radical (unpaired) electrons. The van der Waals surface area contributed by atoms with E-state index in [9.17, 15) is 19.8 Å². The molecule has 1 unspecified atom stereocenters. The topological polar surface area (TPSA) is 125 Å². The van der Waals surface area contributed by atoms with Crippen molar-refractivity contribution < 1.29 is 24.5 Å². The molecule has 0 bridgehead atoms.